The first-order valence-electron chi connectivity index (χ1n) is 17.3. The number of fused-ring (bicyclic) bond motifs is 2. The van der Waals surface area contributed by atoms with Gasteiger partial charge < -0.3 is 30.6 Å². The van der Waals surface area contributed by atoms with Gasteiger partial charge in [0.05, 0.1) is 18.0 Å². The number of alkyl halides is 3. The largest absolute Gasteiger partial charge is 0.490 e. The van der Waals surface area contributed by atoms with Gasteiger partial charge in [0.2, 0.25) is 0 Å². The fourth-order valence-electron chi connectivity index (χ4n) is 6.90. The van der Waals surface area contributed by atoms with Gasteiger partial charge in [-0.05, 0) is 86.4 Å². The number of halogens is 3. The Morgan fingerprint density at radius 3 is 2.35 bits per heavy atom. The van der Waals surface area contributed by atoms with E-state index in [1.165, 1.54) is 16.9 Å². The highest BCUT2D eigenvalue weighted by Crippen LogP contribution is 2.38. The predicted molar refractivity (Wildman–Crippen MR) is 188 cm³/mol. The highest BCUT2D eigenvalue weighted by Gasteiger charge is 2.38. The molecule has 282 valence electrons. The summed E-state index contributed by atoms with van der Waals surface area (Å²) < 4.78 is 31.7. The van der Waals surface area contributed by atoms with Gasteiger partial charge in [-0.15, -0.1) is 0 Å². The minimum absolute atomic E-state index is 0.126. The minimum Gasteiger partial charge on any atom is -0.481 e. The van der Waals surface area contributed by atoms with Gasteiger partial charge in [0, 0.05) is 37.4 Å². The number of aryl methyl sites for hydroxylation is 1. The maximum Gasteiger partial charge on any atom is 0.490 e. The molecule has 4 heterocycles. The van der Waals surface area contributed by atoms with Crippen molar-refractivity contribution in [2.24, 2.45) is 17.3 Å². The van der Waals surface area contributed by atoms with E-state index in [0.29, 0.717) is 49.0 Å². The number of nitrogens with zero attached hydrogens (tertiary/aromatic N) is 4. The molecule has 2 aliphatic heterocycles. The number of hydrogen-bond acceptors (Lipinski definition) is 9. The molecular weight excluding hydrogens is 701 g/mol. The van der Waals surface area contributed by atoms with Gasteiger partial charge in [-0.1, -0.05) is 44.2 Å². The fraction of sp³-hybridized carbons (Fsp3) is 0.556. The Morgan fingerprint density at radius 1 is 1.02 bits per heavy atom. The molecule has 2 amide bonds. The van der Waals surface area contributed by atoms with E-state index in [4.69, 9.17) is 19.9 Å². The fourth-order valence-corrected chi connectivity index (χ4v) is 7.74. The molecular formula is C36H45F3N6O6S. The highest BCUT2D eigenvalue weighted by molar-refractivity contribution is 7.19. The van der Waals surface area contributed by atoms with Gasteiger partial charge in [-0.3, -0.25) is 14.4 Å². The first kappa shape index (κ1) is 39.1. The number of carbonyl (C=O) groups is 4. The van der Waals surface area contributed by atoms with Crippen molar-refractivity contribution >= 4 is 45.4 Å². The van der Waals surface area contributed by atoms with Gasteiger partial charge in [0.15, 0.2) is 5.01 Å². The average molecular weight is 747 g/mol. The van der Waals surface area contributed by atoms with E-state index in [9.17, 15) is 32.7 Å². The molecule has 16 heteroatoms. The van der Waals surface area contributed by atoms with Crippen LogP contribution in [0.25, 0.3) is 10.3 Å². The molecule has 52 heavy (non-hydrogen) atoms. The van der Waals surface area contributed by atoms with E-state index < -0.39 is 18.1 Å². The monoisotopic (exact) mass is 746 g/mol. The average Bonchev–Trinajstić information content (AvgIpc) is 3.71. The lowest BCUT2D eigenvalue weighted by Gasteiger charge is -2.36. The second kappa shape index (κ2) is 15.8. The van der Waals surface area contributed by atoms with Crippen LogP contribution in [0, 0.1) is 17.3 Å². The Bertz CT molecular complexity index is 1800. The van der Waals surface area contributed by atoms with Crippen LogP contribution in [0.4, 0.5) is 13.2 Å². The number of carboxylic acids is 2. The number of pyridine rings is 1. The van der Waals surface area contributed by atoms with Crippen molar-refractivity contribution < 1.29 is 42.6 Å². The molecule has 2 aromatic heterocycles. The second-order valence-corrected chi connectivity index (χ2v) is 16.0. The number of likely N-dealkylation sites (tertiary alicyclic amines) is 2. The van der Waals surface area contributed by atoms with Crippen molar-refractivity contribution in [2.75, 3.05) is 39.8 Å². The molecule has 3 atom stereocenters. The Labute approximate surface area is 303 Å². The molecule has 0 saturated carbocycles. The van der Waals surface area contributed by atoms with Gasteiger partial charge in [0.25, 0.3) is 11.8 Å². The van der Waals surface area contributed by atoms with E-state index in [0.717, 1.165) is 54.0 Å². The topological polar surface area (TPSA) is 165 Å². The van der Waals surface area contributed by atoms with Crippen LogP contribution in [0.3, 0.4) is 0 Å². The van der Waals surface area contributed by atoms with Gasteiger partial charge in [-0.25, -0.2) is 14.8 Å². The van der Waals surface area contributed by atoms with Crippen LogP contribution in [-0.2, 0) is 22.4 Å². The predicted octanol–water partition coefficient (Wildman–Crippen LogP) is 4.79. The molecule has 1 aromatic carbocycles. The SMILES string of the molecule is CN1CC(NC(=O)c2cccc([C@@H](CCN3CC[C@H](C(=O)O)C3)NC(=O)c3nc4cc5c(nc4s3)CC[C@H](C(C)(C)C)C5)c2)C1.O=C(O)C(F)(F)F. The summed E-state index contributed by atoms with van der Waals surface area (Å²) in [5.41, 5.74) is 4.72. The van der Waals surface area contributed by atoms with Crippen molar-refractivity contribution in [1.82, 2.24) is 30.4 Å². The lowest BCUT2D eigenvalue weighted by molar-refractivity contribution is -0.192. The molecule has 2 saturated heterocycles. The number of aromatic nitrogens is 2. The number of nitrogens with one attached hydrogen (secondary N) is 2. The number of carboxylic acid groups (broad SMARTS) is 2. The Hall–Kier alpha value is -4.15. The molecule has 3 aliphatic rings. The number of rotatable bonds is 9. The van der Waals surface area contributed by atoms with Crippen molar-refractivity contribution in [1.29, 1.82) is 0 Å². The maximum absolute atomic E-state index is 13.7. The number of hydrogen-bond donors (Lipinski definition) is 4. The number of aliphatic carboxylic acids is 2. The summed E-state index contributed by atoms with van der Waals surface area (Å²) in [5, 5.41) is 23.2. The van der Waals surface area contributed by atoms with E-state index in [1.54, 1.807) is 6.07 Å². The molecule has 4 N–H and O–H groups in total. The maximum atomic E-state index is 13.7. The van der Waals surface area contributed by atoms with Crippen LogP contribution >= 0.6 is 11.3 Å². The number of amides is 2. The summed E-state index contributed by atoms with van der Waals surface area (Å²) in [5.74, 6) is -3.70. The molecule has 12 nitrogen and oxygen atoms in total. The third-order valence-corrected chi connectivity index (χ3v) is 11.0. The number of thiazole rings is 1. The summed E-state index contributed by atoms with van der Waals surface area (Å²) >= 11 is 1.31. The number of likely N-dealkylation sites (N-methyl/N-ethyl adjacent to an activating group) is 1. The van der Waals surface area contributed by atoms with Crippen molar-refractivity contribution in [2.45, 2.75) is 71.1 Å². The van der Waals surface area contributed by atoms with E-state index in [1.807, 2.05) is 25.2 Å². The Kier molecular flexibility index (Phi) is 11.9. The molecule has 0 radical (unpaired) electrons. The zero-order valence-electron chi connectivity index (χ0n) is 29.6. The summed E-state index contributed by atoms with van der Waals surface area (Å²) in [6.07, 6.45) is -0.861. The van der Waals surface area contributed by atoms with Crippen LogP contribution in [0.5, 0.6) is 0 Å². The quantitative estimate of drug-likeness (QED) is 0.240. The molecule has 0 bridgehead atoms. The third-order valence-electron chi connectivity index (χ3n) is 10.0. The lowest BCUT2D eigenvalue weighted by Crippen LogP contribution is -2.57. The molecule has 3 aromatic rings. The Morgan fingerprint density at radius 2 is 1.73 bits per heavy atom. The molecule has 1 aliphatic carbocycles. The zero-order valence-corrected chi connectivity index (χ0v) is 30.4. The standard InChI is InChI=1S/C34H44N6O4S.C2HF3O2/c1-34(2,3)24-8-9-26-23(15-24)16-28-31(37-26)45-32(38-28)30(42)36-27(11-13-40-12-10-22(17-40)33(43)44)20-6-5-7-21(14-20)29(41)35-25-18-39(4)19-25;3-2(4,5)1(6)7/h5-7,14,16,22,24-25,27H,8-13,15,17-19H2,1-4H3,(H,35,41)(H,36,42)(H,43,44);(H,6,7)/t22-,24-,27+;/m0./s1. The molecule has 6 rings (SSSR count). The van der Waals surface area contributed by atoms with Crippen LogP contribution in [0.2, 0.25) is 0 Å². The summed E-state index contributed by atoms with van der Waals surface area (Å²) in [4.78, 5) is 61.9. The second-order valence-electron chi connectivity index (χ2n) is 15.0. The third kappa shape index (κ3) is 9.83. The number of carbonyl (C=O) groups excluding carboxylic acids is 2. The van der Waals surface area contributed by atoms with Crippen LogP contribution in [0.1, 0.15) is 83.1 Å². The van der Waals surface area contributed by atoms with Crippen molar-refractivity contribution in [3.8, 4) is 0 Å². The summed E-state index contributed by atoms with van der Waals surface area (Å²) in [7, 11) is 2.02. The normalized spacial score (nSPS) is 20.3. The van der Waals surface area contributed by atoms with Crippen molar-refractivity contribution in [3.63, 3.8) is 0 Å². The molecule has 0 unspecified atom stereocenters. The van der Waals surface area contributed by atoms with E-state index >= 15 is 0 Å². The van der Waals surface area contributed by atoms with Crippen LogP contribution in [0.15, 0.2) is 30.3 Å². The first-order chi connectivity index (χ1) is 24.4. The van der Waals surface area contributed by atoms with E-state index in [-0.39, 0.29) is 35.2 Å². The molecule has 2 fully saturated rings. The van der Waals surface area contributed by atoms with Gasteiger partial charge >= 0.3 is 18.1 Å². The Balaban J connectivity index is 0.000000679. The van der Waals surface area contributed by atoms with Crippen molar-refractivity contribution in [3.05, 3.63) is 57.7 Å². The van der Waals surface area contributed by atoms with Crippen LogP contribution < -0.4 is 10.6 Å². The molecule has 0 spiro atoms. The zero-order chi connectivity index (χ0) is 38.0. The minimum atomic E-state index is -5.08. The first-order valence-corrected chi connectivity index (χ1v) is 18.1. The van der Waals surface area contributed by atoms with Gasteiger partial charge in [-0.2, -0.15) is 13.2 Å². The summed E-state index contributed by atoms with van der Waals surface area (Å²) in [6, 6.07) is 9.30. The highest BCUT2D eigenvalue weighted by atomic mass is 32.1. The smallest absolute Gasteiger partial charge is 0.481 e. The van der Waals surface area contributed by atoms with Crippen LogP contribution in [-0.4, -0.2) is 106 Å². The summed E-state index contributed by atoms with van der Waals surface area (Å²) in [6.45, 7) is 10.4. The van der Waals surface area contributed by atoms with Gasteiger partial charge in [0.1, 0.15) is 10.3 Å². The van der Waals surface area contributed by atoms with E-state index in [2.05, 4.69) is 47.3 Å². The lowest BCUT2D eigenvalue weighted by atomic mass is 9.71. The number of benzene rings is 1.